The van der Waals surface area contributed by atoms with Crippen LogP contribution in [-0.4, -0.2) is 36.9 Å². The van der Waals surface area contributed by atoms with E-state index in [0.29, 0.717) is 0 Å². The Morgan fingerprint density at radius 1 is 1.64 bits per heavy atom. The van der Waals surface area contributed by atoms with Crippen LogP contribution in [0.1, 0.15) is 6.92 Å². The number of carbonyl (C=O) groups excluding carboxylic acids is 1. The predicted octanol–water partition coefficient (Wildman–Crippen LogP) is -0.418. The molecule has 0 aliphatic heterocycles. The zero-order valence-electron chi connectivity index (χ0n) is 7.01. The highest BCUT2D eigenvalue weighted by atomic mass is 16.2. The molecule has 0 aromatic rings. The Morgan fingerprint density at radius 3 is 2.36 bits per heavy atom. The van der Waals surface area contributed by atoms with Crippen molar-refractivity contribution in [3.05, 3.63) is 0 Å². The summed E-state index contributed by atoms with van der Waals surface area (Å²) in [6.07, 6.45) is 0. The summed E-state index contributed by atoms with van der Waals surface area (Å²) in [5, 5.41) is 9.50. The third kappa shape index (κ3) is 3.44. The molecule has 4 N–H and O–H groups in total. The lowest BCUT2D eigenvalue weighted by Gasteiger charge is -2.16. The van der Waals surface area contributed by atoms with Crippen LogP contribution < -0.4 is 11.1 Å². The van der Waals surface area contributed by atoms with E-state index in [1.54, 1.807) is 21.0 Å². The maximum atomic E-state index is 10.9. The number of hydrogen-bond donors (Lipinski definition) is 3. The minimum absolute atomic E-state index is 0.0415. The Bertz CT molecular complexity index is 166. The van der Waals surface area contributed by atoms with Gasteiger partial charge in [-0.25, -0.2) is 4.79 Å². The van der Waals surface area contributed by atoms with Gasteiger partial charge in [0.15, 0.2) is 0 Å². The minimum Gasteiger partial charge on any atom is -0.386 e. The van der Waals surface area contributed by atoms with Gasteiger partial charge in [-0.15, -0.1) is 0 Å². The monoisotopic (exact) mass is 158 g/mol. The zero-order valence-corrected chi connectivity index (χ0v) is 7.01. The molecule has 5 heteroatoms. The van der Waals surface area contributed by atoms with E-state index >= 15 is 0 Å². The van der Waals surface area contributed by atoms with Crippen molar-refractivity contribution in [1.29, 1.82) is 5.41 Å². The van der Waals surface area contributed by atoms with Crippen molar-refractivity contribution < 1.29 is 4.79 Å². The molecule has 0 spiro atoms. The summed E-state index contributed by atoms with van der Waals surface area (Å²) in [7, 11) is 3.25. The van der Waals surface area contributed by atoms with Crippen molar-refractivity contribution in [2.75, 3.05) is 14.1 Å². The molecule has 2 amide bonds. The van der Waals surface area contributed by atoms with Gasteiger partial charge in [0.1, 0.15) is 5.84 Å². The molecule has 1 atom stereocenters. The third-order valence-corrected chi connectivity index (χ3v) is 1.21. The van der Waals surface area contributed by atoms with Crippen LogP contribution in [0.15, 0.2) is 0 Å². The standard InChI is InChI=1S/C6H14N4O/c1-4(5(7)8)9-6(11)10(2)3/h4H,1-3H3,(H3,7,8)(H,9,11). The maximum absolute atomic E-state index is 10.9. The van der Waals surface area contributed by atoms with Gasteiger partial charge < -0.3 is 16.0 Å². The molecule has 11 heavy (non-hydrogen) atoms. The van der Waals surface area contributed by atoms with E-state index in [-0.39, 0.29) is 11.9 Å². The number of amides is 2. The molecule has 0 fully saturated rings. The molecule has 0 aromatic heterocycles. The predicted molar refractivity (Wildman–Crippen MR) is 43.6 cm³/mol. The lowest BCUT2D eigenvalue weighted by atomic mass is 10.3. The Balaban J connectivity index is 3.85. The van der Waals surface area contributed by atoms with Gasteiger partial charge in [0.2, 0.25) is 0 Å². The Morgan fingerprint density at radius 2 is 2.09 bits per heavy atom. The average molecular weight is 158 g/mol. The lowest BCUT2D eigenvalue weighted by Crippen LogP contribution is -2.46. The van der Waals surface area contributed by atoms with Gasteiger partial charge in [0, 0.05) is 14.1 Å². The Hall–Kier alpha value is -1.26. The first kappa shape index (κ1) is 9.74. The largest absolute Gasteiger partial charge is 0.386 e. The van der Waals surface area contributed by atoms with Crippen LogP contribution >= 0.6 is 0 Å². The van der Waals surface area contributed by atoms with Gasteiger partial charge in [0.05, 0.1) is 6.04 Å². The van der Waals surface area contributed by atoms with E-state index in [2.05, 4.69) is 5.32 Å². The quantitative estimate of drug-likeness (QED) is 0.377. The van der Waals surface area contributed by atoms with Crippen molar-refractivity contribution in [2.24, 2.45) is 5.73 Å². The Labute approximate surface area is 66.1 Å². The molecule has 0 aliphatic carbocycles. The second-order valence-corrected chi connectivity index (χ2v) is 2.52. The van der Waals surface area contributed by atoms with Crippen LogP contribution in [0.2, 0.25) is 0 Å². The summed E-state index contributed by atoms with van der Waals surface area (Å²) in [6.45, 7) is 1.66. The molecule has 0 aromatic carbocycles. The average Bonchev–Trinajstić information content (AvgIpc) is 1.87. The van der Waals surface area contributed by atoms with E-state index in [1.807, 2.05) is 0 Å². The highest BCUT2D eigenvalue weighted by molar-refractivity contribution is 5.87. The van der Waals surface area contributed by atoms with Crippen molar-refractivity contribution in [1.82, 2.24) is 10.2 Å². The summed E-state index contributed by atoms with van der Waals surface area (Å²) in [5.74, 6) is -0.0415. The highest BCUT2D eigenvalue weighted by Crippen LogP contribution is 1.82. The summed E-state index contributed by atoms with van der Waals surface area (Å²) in [4.78, 5) is 12.3. The smallest absolute Gasteiger partial charge is 0.317 e. The van der Waals surface area contributed by atoms with Gasteiger partial charge in [-0.1, -0.05) is 0 Å². The molecule has 0 rings (SSSR count). The third-order valence-electron chi connectivity index (χ3n) is 1.21. The number of amidine groups is 1. The number of nitrogens with one attached hydrogen (secondary N) is 2. The number of hydrogen-bond acceptors (Lipinski definition) is 2. The summed E-state index contributed by atoms with van der Waals surface area (Å²) < 4.78 is 0. The van der Waals surface area contributed by atoms with Crippen molar-refractivity contribution >= 4 is 11.9 Å². The second-order valence-electron chi connectivity index (χ2n) is 2.52. The van der Waals surface area contributed by atoms with Crippen LogP contribution in [0, 0.1) is 5.41 Å². The van der Waals surface area contributed by atoms with Crippen LogP contribution in [0.3, 0.4) is 0 Å². The van der Waals surface area contributed by atoms with Gasteiger partial charge in [-0.2, -0.15) is 0 Å². The number of nitrogens with zero attached hydrogens (tertiary/aromatic N) is 1. The fraction of sp³-hybridized carbons (Fsp3) is 0.667. The fourth-order valence-corrected chi connectivity index (χ4v) is 0.392. The summed E-state index contributed by atoms with van der Waals surface area (Å²) in [6, 6.07) is -0.641. The molecule has 0 aliphatic rings. The van der Waals surface area contributed by atoms with E-state index in [0.717, 1.165) is 0 Å². The first-order chi connectivity index (χ1) is 4.95. The molecule has 0 heterocycles. The van der Waals surface area contributed by atoms with E-state index in [1.165, 1.54) is 4.90 Å². The molecule has 0 saturated heterocycles. The van der Waals surface area contributed by atoms with E-state index < -0.39 is 6.04 Å². The van der Waals surface area contributed by atoms with Crippen molar-refractivity contribution in [3.8, 4) is 0 Å². The topological polar surface area (TPSA) is 82.2 Å². The molecular formula is C6H14N4O. The summed E-state index contributed by atoms with van der Waals surface area (Å²) >= 11 is 0. The molecular weight excluding hydrogens is 144 g/mol. The van der Waals surface area contributed by atoms with Crippen LogP contribution in [-0.2, 0) is 0 Å². The number of nitrogens with two attached hydrogens (primary N) is 1. The van der Waals surface area contributed by atoms with E-state index in [4.69, 9.17) is 11.1 Å². The SMILES string of the molecule is CC(NC(=O)N(C)C)C(=N)N. The number of rotatable bonds is 2. The van der Waals surface area contributed by atoms with Gasteiger partial charge in [-0.05, 0) is 6.92 Å². The first-order valence-corrected chi connectivity index (χ1v) is 3.27. The van der Waals surface area contributed by atoms with Crippen LogP contribution in [0.25, 0.3) is 0 Å². The summed E-state index contributed by atoms with van der Waals surface area (Å²) in [5.41, 5.74) is 5.13. The molecule has 0 bridgehead atoms. The molecule has 5 nitrogen and oxygen atoms in total. The van der Waals surface area contributed by atoms with Gasteiger partial charge in [-0.3, -0.25) is 5.41 Å². The fourth-order valence-electron chi connectivity index (χ4n) is 0.392. The normalized spacial score (nSPS) is 11.9. The lowest BCUT2D eigenvalue weighted by molar-refractivity contribution is 0.216. The Kier molecular flexibility index (Phi) is 3.36. The molecule has 1 unspecified atom stereocenters. The van der Waals surface area contributed by atoms with Crippen molar-refractivity contribution in [3.63, 3.8) is 0 Å². The highest BCUT2D eigenvalue weighted by Gasteiger charge is 2.09. The zero-order chi connectivity index (χ0) is 9.02. The van der Waals surface area contributed by atoms with E-state index in [9.17, 15) is 4.79 Å². The van der Waals surface area contributed by atoms with Crippen LogP contribution in [0.5, 0.6) is 0 Å². The first-order valence-electron chi connectivity index (χ1n) is 3.27. The van der Waals surface area contributed by atoms with Crippen LogP contribution in [0.4, 0.5) is 4.79 Å². The molecule has 0 saturated carbocycles. The van der Waals surface area contributed by atoms with Crippen molar-refractivity contribution in [2.45, 2.75) is 13.0 Å². The second kappa shape index (κ2) is 3.80. The minimum atomic E-state index is -0.398. The van der Waals surface area contributed by atoms with Gasteiger partial charge >= 0.3 is 6.03 Å². The molecule has 0 radical (unpaired) electrons. The number of urea groups is 1. The number of carbonyl (C=O) groups is 1. The molecule has 64 valence electrons. The maximum Gasteiger partial charge on any atom is 0.317 e. The van der Waals surface area contributed by atoms with Gasteiger partial charge in [0.25, 0.3) is 0 Å².